The molecule has 8 nitrogen and oxygen atoms in total. The van der Waals surface area contributed by atoms with Gasteiger partial charge in [0.05, 0.1) is 17.0 Å². The van der Waals surface area contributed by atoms with Crippen LogP contribution in [0.2, 0.25) is 5.02 Å². The molecular weight excluding hydrogens is 370 g/mol. The number of nitrogens with zero attached hydrogens (tertiary/aromatic N) is 2. The summed E-state index contributed by atoms with van der Waals surface area (Å²) in [4.78, 5) is 27.1. The molecule has 2 aromatic carbocycles. The second kappa shape index (κ2) is 7.79. The van der Waals surface area contributed by atoms with Gasteiger partial charge in [-0.25, -0.2) is 9.78 Å². The lowest BCUT2D eigenvalue weighted by Crippen LogP contribution is -2.19. The van der Waals surface area contributed by atoms with E-state index < -0.39 is 17.8 Å². The van der Waals surface area contributed by atoms with Gasteiger partial charge in [-0.05, 0) is 29.8 Å². The lowest BCUT2D eigenvalue weighted by atomic mass is 10.2. The minimum atomic E-state index is -0.764. The number of primary amides is 1. The normalized spacial score (nSPS) is 10.4. The first kappa shape index (κ1) is 18.3. The molecule has 9 heteroatoms. The third-order valence-corrected chi connectivity index (χ3v) is 4.07. The van der Waals surface area contributed by atoms with E-state index in [1.54, 1.807) is 48.5 Å². The quantitative estimate of drug-likeness (QED) is 0.539. The highest BCUT2D eigenvalue weighted by Crippen LogP contribution is 2.21. The number of hydrogen-bond acceptors (Lipinski definition) is 4. The smallest absolute Gasteiger partial charge is 0.323 e. The van der Waals surface area contributed by atoms with Gasteiger partial charge in [0.25, 0.3) is 5.91 Å². The van der Waals surface area contributed by atoms with E-state index in [4.69, 9.17) is 17.3 Å². The first-order valence-electron chi connectivity index (χ1n) is 7.89. The molecule has 1 heterocycles. The molecule has 0 aliphatic rings. The number of benzene rings is 2. The second-order valence-electron chi connectivity index (χ2n) is 5.66. The summed E-state index contributed by atoms with van der Waals surface area (Å²) < 4.78 is 1.45. The van der Waals surface area contributed by atoms with Crippen LogP contribution in [0.1, 0.15) is 16.1 Å². The van der Waals surface area contributed by atoms with Crippen molar-refractivity contribution in [2.45, 2.75) is 6.54 Å². The molecule has 0 saturated carbocycles. The number of imidazole rings is 1. The number of nitrogens with two attached hydrogens (primary N) is 1. The summed E-state index contributed by atoms with van der Waals surface area (Å²) in [5.41, 5.74) is 7.09. The Bertz CT molecular complexity index is 985. The van der Waals surface area contributed by atoms with E-state index in [2.05, 4.69) is 15.6 Å². The Balaban J connectivity index is 1.65. The third kappa shape index (κ3) is 4.36. The van der Waals surface area contributed by atoms with Crippen molar-refractivity contribution < 1.29 is 14.7 Å². The molecule has 0 spiro atoms. The Labute approximate surface area is 159 Å². The minimum Gasteiger partial charge on any atom is -0.492 e. The third-order valence-electron chi connectivity index (χ3n) is 3.74. The van der Waals surface area contributed by atoms with Crippen molar-refractivity contribution in [2.24, 2.45) is 5.73 Å². The van der Waals surface area contributed by atoms with E-state index in [-0.39, 0.29) is 12.2 Å². The summed E-state index contributed by atoms with van der Waals surface area (Å²) in [6, 6.07) is 13.5. The number of hydrogen-bond donors (Lipinski definition) is 4. The van der Waals surface area contributed by atoms with Crippen molar-refractivity contribution in [2.75, 3.05) is 10.6 Å². The number of carbonyl (C=O) groups is 2. The van der Waals surface area contributed by atoms with E-state index in [1.807, 2.05) is 0 Å². The number of aromatic hydroxyl groups is 1. The van der Waals surface area contributed by atoms with Crippen molar-refractivity contribution in [1.82, 2.24) is 9.55 Å². The molecule has 0 unspecified atom stereocenters. The molecule has 3 amide bonds. The maximum absolute atomic E-state index is 12.1. The molecule has 0 radical (unpaired) electrons. The van der Waals surface area contributed by atoms with E-state index in [0.29, 0.717) is 16.4 Å². The van der Waals surface area contributed by atoms with Crippen LogP contribution in [0.15, 0.2) is 54.9 Å². The molecule has 1 aromatic heterocycles. The van der Waals surface area contributed by atoms with Crippen LogP contribution in [0.5, 0.6) is 5.88 Å². The van der Waals surface area contributed by atoms with Crippen LogP contribution in [0, 0.1) is 0 Å². The highest BCUT2D eigenvalue weighted by atomic mass is 35.5. The van der Waals surface area contributed by atoms with Gasteiger partial charge < -0.3 is 26.0 Å². The van der Waals surface area contributed by atoms with Gasteiger partial charge in [0, 0.05) is 12.2 Å². The SMILES string of the molecule is NC(=O)c1c(O)ncn1Cc1ccc(NC(=O)Nc2ccccc2Cl)cc1. The summed E-state index contributed by atoms with van der Waals surface area (Å²) in [5, 5.41) is 15.4. The summed E-state index contributed by atoms with van der Waals surface area (Å²) in [6.45, 7) is 0.290. The van der Waals surface area contributed by atoms with E-state index in [1.165, 1.54) is 10.9 Å². The van der Waals surface area contributed by atoms with Crippen LogP contribution in [0.4, 0.5) is 16.2 Å². The van der Waals surface area contributed by atoms with Crippen LogP contribution in [0.25, 0.3) is 0 Å². The zero-order valence-electron chi connectivity index (χ0n) is 14.0. The predicted octanol–water partition coefficient (Wildman–Crippen LogP) is 3.03. The molecule has 3 aromatic rings. The van der Waals surface area contributed by atoms with Crippen molar-refractivity contribution in [1.29, 1.82) is 0 Å². The van der Waals surface area contributed by atoms with Crippen LogP contribution in [-0.4, -0.2) is 26.6 Å². The van der Waals surface area contributed by atoms with Crippen LogP contribution in [-0.2, 0) is 6.54 Å². The molecule has 0 atom stereocenters. The second-order valence-corrected chi connectivity index (χ2v) is 6.07. The lowest BCUT2D eigenvalue weighted by Gasteiger charge is -2.10. The first-order valence-corrected chi connectivity index (χ1v) is 8.27. The van der Waals surface area contributed by atoms with Crippen molar-refractivity contribution in [3.63, 3.8) is 0 Å². The molecule has 0 bridgehead atoms. The Morgan fingerprint density at radius 1 is 1.11 bits per heavy atom. The fourth-order valence-electron chi connectivity index (χ4n) is 2.48. The summed E-state index contributed by atoms with van der Waals surface area (Å²) in [7, 11) is 0. The van der Waals surface area contributed by atoms with Gasteiger partial charge in [0.2, 0.25) is 5.88 Å². The number of amides is 3. The number of halogens is 1. The topological polar surface area (TPSA) is 122 Å². The molecule has 0 saturated heterocycles. The van der Waals surface area contributed by atoms with Gasteiger partial charge in [-0.15, -0.1) is 0 Å². The van der Waals surface area contributed by atoms with Crippen molar-refractivity contribution in [3.05, 3.63) is 71.1 Å². The van der Waals surface area contributed by atoms with Crippen LogP contribution >= 0.6 is 11.6 Å². The molecule has 138 valence electrons. The van der Waals surface area contributed by atoms with E-state index in [0.717, 1.165) is 5.56 Å². The Kier molecular flexibility index (Phi) is 5.28. The highest BCUT2D eigenvalue weighted by Gasteiger charge is 2.15. The molecule has 5 N–H and O–H groups in total. The van der Waals surface area contributed by atoms with Crippen LogP contribution in [0.3, 0.4) is 0 Å². The largest absolute Gasteiger partial charge is 0.492 e. The number of para-hydroxylation sites is 1. The summed E-state index contributed by atoms with van der Waals surface area (Å²) in [5.74, 6) is -1.17. The Morgan fingerprint density at radius 3 is 2.48 bits per heavy atom. The van der Waals surface area contributed by atoms with Gasteiger partial charge >= 0.3 is 6.03 Å². The number of anilines is 2. The Hall–Kier alpha value is -3.52. The Morgan fingerprint density at radius 2 is 1.81 bits per heavy atom. The van der Waals surface area contributed by atoms with Gasteiger partial charge in [0.1, 0.15) is 0 Å². The van der Waals surface area contributed by atoms with Gasteiger partial charge in [-0.3, -0.25) is 4.79 Å². The molecule has 27 heavy (non-hydrogen) atoms. The van der Waals surface area contributed by atoms with Gasteiger partial charge in [-0.2, -0.15) is 0 Å². The fraction of sp³-hybridized carbons (Fsp3) is 0.0556. The average Bonchev–Trinajstić information content (AvgIpc) is 2.99. The molecule has 3 rings (SSSR count). The van der Waals surface area contributed by atoms with Crippen molar-refractivity contribution >= 4 is 34.9 Å². The number of carbonyl (C=O) groups excluding carboxylic acids is 2. The molecular formula is C18H16ClN5O3. The van der Waals surface area contributed by atoms with Crippen molar-refractivity contribution in [3.8, 4) is 5.88 Å². The lowest BCUT2D eigenvalue weighted by molar-refractivity contribution is 0.0989. The van der Waals surface area contributed by atoms with Crippen LogP contribution < -0.4 is 16.4 Å². The fourth-order valence-corrected chi connectivity index (χ4v) is 2.66. The molecule has 0 fully saturated rings. The first-order chi connectivity index (χ1) is 12.9. The maximum Gasteiger partial charge on any atom is 0.323 e. The average molecular weight is 386 g/mol. The monoisotopic (exact) mass is 385 g/mol. The molecule has 0 aliphatic carbocycles. The zero-order chi connectivity index (χ0) is 19.4. The van der Waals surface area contributed by atoms with Gasteiger partial charge in [-0.1, -0.05) is 35.9 Å². The number of nitrogens with one attached hydrogen (secondary N) is 2. The number of aromatic nitrogens is 2. The molecule has 0 aliphatic heterocycles. The number of rotatable bonds is 5. The minimum absolute atomic E-state index is 0.0590. The predicted molar refractivity (Wildman–Crippen MR) is 102 cm³/mol. The zero-order valence-corrected chi connectivity index (χ0v) is 14.8. The standard InChI is InChI=1S/C18H16ClN5O3/c19-13-3-1-2-4-14(13)23-18(27)22-12-7-5-11(6-8-12)9-24-10-21-17(26)15(24)16(20)25/h1-8,10,26H,9H2,(H2,20,25)(H2,22,23,27). The van der Waals surface area contributed by atoms with E-state index >= 15 is 0 Å². The summed E-state index contributed by atoms with van der Waals surface area (Å²) in [6.07, 6.45) is 1.33. The maximum atomic E-state index is 12.1. The highest BCUT2D eigenvalue weighted by molar-refractivity contribution is 6.33. The van der Waals surface area contributed by atoms with Gasteiger partial charge in [0.15, 0.2) is 5.69 Å². The van der Waals surface area contributed by atoms with E-state index in [9.17, 15) is 14.7 Å². The number of urea groups is 1. The summed E-state index contributed by atoms with van der Waals surface area (Å²) >= 11 is 6.01.